The number of aliphatic hydroxyl groups excluding tert-OH is 1. The number of nitriles is 2. The minimum atomic E-state index is -0.179. The molecule has 1 fully saturated rings. The summed E-state index contributed by atoms with van der Waals surface area (Å²) in [4.78, 5) is 8.21. The maximum Gasteiger partial charge on any atom is 0.229 e. The van der Waals surface area contributed by atoms with E-state index in [9.17, 15) is 5.11 Å². The zero-order valence-corrected chi connectivity index (χ0v) is 16.6. The number of benzene rings is 1. The van der Waals surface area contributed by atoms with Gasteiger partial charge in [-0.2, -0.15) is 15.5 Å². The molecule has 140 valence electrons. The van der Waals surface area contributed by atoms with E-state index in [-0.39, 0.29) is 6.61 Å². The third kappa shape index (κ3) is 5.65. The van der Waals surface area contributed by atoms with Crippen LogP contribution in [0.1, 0.15) is 42.4 Å². The molecule has 0 unspecified atom stereocenters. The summed E-state index contributed by atoms with van der Waals surface area (Å²) in [7, 11) is 0. The van der Waals surface area contributed by atoms with Crippen molar-refractivity contribution in [3.8, 4) is 12.1 Å². The molecule has 3 rings (SSSR count). The molecule has 1 heterocycles. The molecular formula is C19H21BrN6O. The Morgan fingerprint density at radius 3 is 2.56 bits per heavy atom. The number of aromatic nitrogens is 2. The van der Waals surface area contributed by atoms with Crippen LogP contribution in [0.2, 0.25) is 0 Å². The van der Waals surface area contributed by atoms with Crippen molar-refractivity contribution in [2.45, 2.75) is 39.2 Å². The lowest BCUT2D eigenvalue weighted by Gasteiger charge is -2.10. The maximum absolute atomic E-state index is 9.29. The predicted octanol–water partition coefficient (Wildman–Crippen LogP) is 3.94. The maximum atomic E-state index is 9.29. The standard InChI is InChI=1S/C13H12BrN5O.C6H9N/c1-7-5-17-13(19-12(7)16)18-10-2-8(4-15)11(14)9(3-10)6-20;7-5-6-3-1-2-4-6/h2-3,5,20H,6H2,1H3,(H3,16,17,18,19);6H,1-4H2. The second-order valence-electron chi connectivity index (χ2n) is 6.26. The monoisotopic (exact) mass is 428 g/mol. The van der Waals surface area contributed by atoms with Crippen molar-refractivity contribution < 1.29 is 5.11 Å². The van der Waals surface area contributed by atoms with Crippen molar-refractivity contribution in [2.75, 3.05) is 11.1 Å². The van der Waals surface area contributed by atoms with Crippen LogP contribution in [0.3, 0.4) is 0 Å². The Labute approximate surface area is 167 Å². The van der Waals surface area contributed by atoms with Crippen LogP contribution < -0.4 is 11.1 Å². The molecule has 0 atom stereocenters. The minimum absolute atomic E-state index is 0.179. The molecular weight excluding hydrogens is 408 g/mol. The Morgan fingerprint density at radius 2 is 2.04 bits per heavy atom. The summed E-state index contributed by atoms with van der Waals surface area (Å²) in [6.45, 7) is 1.64. The normalized spacial score (nSPS) is 13.2. The van der Waals surface area contributed by atoms with Crippen LogP contribution >= 0.6 is 15.9 Å². The van der Waals surface area contributed by atoms with Gasteiger partial charge in [0.2, 0.25) is 5.95 Å². The smallest absolute Gasteiger partial charge is 0.229 e. The van der Waals surface area contributed by atoms with Gasteiger partial charge in [0.15, 0.2) is 0 Å². The summed E-state index contributed by atoms with van der Waals surface area (Å²) >= 11 is 3.28. The van der Waals surface area contributed by atoms with Gasteiger partial charge in [-0.05, 0) is 53.4 Å². The summed E-state index contributed by atoms with van der Waals surface area (Å²) in [6.07, 6.45) is 6.46. The molecule has 7 nitrogen and oxygen atoms in total. The van der Waals surface area contributed by atoms with Gasteiger partial charge in [0.05, 0.1) is 18.2 Å². The molecule has 1 aromatic heterocycles. The predicted molar refractivity (Wildman–Crippen MR) is 107 cm³/mol. The molecule has 1 aromatic carbocycles. The van der Waals surface area contributed by atoms with Gasteiger partial charge in [0, 0.05) is 27.8 Å². The highest BCUT2D eigenvalue weighted by molar-refractivity contribution is 9.10. The lowest BCUT2D eigenvalue weighted by atomic mass is 10.1. The Bertz CT molecular complexity index is 881. The largest absolute Gasteiger partial charge is 0.392 e. The van der Waals surface area contributed by atoms with E-state index in [4.69, 9.17) is 16.3 Å². The topological polar surface area (TPSA) is 132 Å². The van der Waals surface area contributed by atoms with E-state index in [0.717, 1.165) is 18.4 Å². The van der Waals surface area contributed by atoms with Gasteiger partial charge in [-0.25, -0.2) is 4.98 Å². The molecule has 2 aromatic rings. The SMILES string of the molecule is Cc1cnc(Nc2cc(C#N)c(Br)c(CO)c2)nc1N.N#CC1CCCC1. The van der Waals surface area contributed by atoms with Gasteiger partial charge in [0.1, 0.15) is 11.9 Å². The molecule has 0 aliphatic heterocycles. The molecule has 1 saturated carbocycles. The first-order chi connectivity index (χ1) is 13.0. The summed E-state index contributed by atoms with van der Waals surface area (Å²) in [5, 5.41) is 29.6. The lowest BCUT2D eigenvalue weighted by molar-refractivity contribution is 0.281. The third-order valence-electron chi connectivity index (χ3n) is 4.24. The Hall–Kier alpha value is -2.68. The number of rotatable bonds is 3. The molecule has 0 spiro atoms. The van der Waals surface area contributed by atoms with Gasteiger partial charge < -0.3 is 16.2 Å². The molecule has 0 bridgehead atoms. The zero-order valence-electron chi connectivity index (χ0n) is 15.0. The molecule has 0 radical (unpaired) electrons. The van der Waals surface area contributed by atoms with Crippen molar-refractivity contribution in [2.24, 2.45) is 5.92 Å². The van der Waals surface area contributed by atoms with Gasteiger partial charge in [-0.1, -0.05) is 12.8 Å². The highest BCUT2D eigenvalue weighted by Crippen LogP contribution is 2.27. The quantitative estimate of drug-likeness (QED) is 0.673. The fourth-order valence-corrected chi connectivity index (χ4v) is 3.10. The molecule has 0 amide bonds. The summed E-state index contributed by atoms with van der Waals surface area (Å²) in [5.74, 6) is 1.13. The van der Waals surface area contributed by atoms with Crippen LogP contribution in [-0.2, 0) is 6.61 Å². The number of anilines is 3. The first kappa shape index (κ1) is 20.6. The Morgan fingerprint density at radius 1 is 1.33 bits per heavy atom. The van der Waals surface area contributed by atoms with E-state index in [1.54, 1.807) is 18.3 Å². The molecule has 0 saturated heterocycles. The lowest BCUT2D eigenvalue weighted by Crippen LogP contribution is -2.03. The van der Waals surface area contributed by atoms with E-state index in [1.807, 2.05) is 6.92 Å². The highest BCUT2D eigenvalue weighted by atomic mass is 79.9. The van der Waals surface area contributed by atoms with Crippen LogP contribution in [-0.4, -0.2) is 15.1 Å². The average molecular weight is 429 g/mol. The summed E-state index contributed by atoms with van der Waals surface area (Å²) in [5.41, 5.74) is 8.14. The molecule has 4 N–H and O–H groups in total. The van der Waals surface area contributed by atoms with Crippen molar-refractivity contribution in [3.05, 3.63) is 39.5 Å². The van der Waals surface area contributed by atoms with Crippen LogP contribution in [0.5, 0.6) is 0 Å². The van der Waals surface area contributed by atoms with E-state index >= 15 is 0 Å². The fourth-order valence-electron chi connectivity index (χ4n) is 2.65. The summed E-state index contributed by atoms with van der Waals surface area (Å²) in [6, 6.07) is 7.67. The Kier molecular flexibility index (Phi) is 7.54. The van der Waals surface area contributed by atoms with Gasteiger partial charge in [-0.15, -0.1) is 0 Å². The number of nitrogens with two attached hydrogens (primary N) is 1. The molecule has 1 aliphatic rings. The number of nitrogen functional groups attached to an aromatic ring is 1. The fraction of sp³-hybridized carbons (Fsp3) is 0.368. The number of aliphatic hydroxyl groups is 1. The second kappa shape index (κ2) is 9.86. The van der Waals surface area contributed by atoms with Crippen LogP contribution in [0.15, 0.2) is 22.8 Å². The second-order valence-corrected chi connectivity index (χ2v) is 7.06. The highest BCUT2D eigenvalue weighted by Gasteiger charge is 2.12. The minimum Gasteiger partial charge on any atom is -0.392 e. The molecule has 1 aliphatic carbocycles. The number of hydrogen-bond acceptors (Lipinski definition) is 7. The van der Waals surface area contributed by atoms with E-state index < -0.39 is 0 Å². The van der Waals surface area contributed by atoms with Crippen LogP contribution in [0.25, 0.3) is 0 Å². The number of nitrogens with zero attached hydrogens (tertiary/aromatic N) is 4. The van der Waals surface area contributed by atoms with E-state index in [2.05, 4.69) is 43.4 Å². The van der Waals surface area contributed by atoms with Crippen molar-refractivity contribution >= 4 is 33.4 Å². The van der Waals surface area contributed by atoms with Gasteiger partial charge in [-0.3, -0.25) is 0 Å². The first-order valence-electron chi connectivity index (χ1n) is 8.57. The summed E-state index contributed by atoms with van der Waals surface area (Å²) < 4.78 is 0.581. The number of halogens is 1. The van der Waals surface area contributed by atoms with Crippen molar-refractivity contribution in [3.63, 3.8) is 0 Å². The van der Waals surface area contributed by atoms with Crippen LogP contribution in [0, 0.1) is 35.5 Å². The van der Waals surface area contributed by atoms with E-state index in [1.165, 1.54) is 12.8 Å². The zero-order chi connectivity index (χ0) is 19.8. The van der Waals surface area contributed by atoms with Gasteiger partial charge in [0.25, 0.3) is 0 Å². The third-order valence-corrected chi connectivity index (χ3v) is 5.18. The molecule has 27 heavy (non-hydrogen) atoms. The Balaban J connectivity index is 0.000000313. The average Bonchev–Trinajstić information content (AvgIpc) is 3.20. The first-order valence-corrected chi connectivity index (χ1v) is 9.37. The number of aryl methyl sites for hydroxylation is 1. The molecule has 8 heteroatoms. The van der Waals surface area contributed by atoms with Crippen LogP contribution in [0.4, 0.5) is 17.5 Å². The number of nitrogens with one attached hydrogen (secondary N) is 1. The van der Waals surface area contributed by atoms with E-state index in [0.29, 0.717) is 39.0 Å². The van der Waals surface area contributed by atoms with Crippen molar-refractivity contribution in [1.82, 2.24) is 9.97 Å². The van der Waals surface area contributed by atoms with Crippen molar-refractivity contribution in [1.29, 1.82) is 10.5 Å². The number of hydrogen-bond donors (Lipinski definition) is 3. The van der Waals surface area contributed by atoms with Gasteiger partial charge >= 0.3 is 0 Å².